The third-order valence-corrected chi connectivity index (χ3v) is 5.58. The van der Waals surface area contributed by atoms with Gasteiger partial charge in [0.15, 0.2) is 0 Å². The van der Waals surface area contributed by atoms with Crippen LogP contribution in [0, 0.1) is 11.8 Å². The van der Waals surface area contributed by atoms with E-state index in [1.807, 2.05) is 0 Å². The van der Waals surface area contributed by atoms with Crippen LogP contribution in [-0.4, -0.2) is 23.9 Å². The molecule has 21 heavy (non-hydrogen) atoms. The number of nitrogens with zero attached hydrogens (tertiary/aromatic N) is 1. The Labute approximate surface area is 131 Å². The summed E-state index contributed by atoms with van der Waals surface area (Å²) >= 11 is 0. The second-order valence-corrected chi connectivity index (χ2v) is 7.31. The van der Waals surface area contributed by atoms with Crippen molar-refractivity contribution in [2.24, 2.45) is 11.8 Å². The fourth-order valence-electron chi connectivity index (χ4n) is 4.11. The van der Waals surface area contributed by atoms with E-state index in [1.165, 1.54) is 70.6 Å². The van der Waals surface area contributed by atoms with Gasteiger partial charge in [-0.3, -0.25) is 4.79 Å². The zero-order chi connectivity index (χ0) is 14.9. The van der Waals surface area contributed by atoms with E-state index in [9.17, 15) is 4.79 Å². The third kappa shape index (κ3) is 5.64. The van der Waals surface area contributed by atoms with Crippen molar-refractivity contribution in [2.45, 2.75) is 90.4 Å². The minimum Gasteiger partial charge on any atom is -0.342 e. The van der Waals surface area contributed by atoms with Gasteiger partial charge in [0, 0.05) is 19.0 Å². The predicted octanol–water partition coefficient (Wildman–Crippen LogP) is 5.17. The van der Waals surface area contributed by atoms with E-state index in [4.69, 9.17) is 0 Å². The molecule has 1 amide bonds. The molecule has 0 N–H and O–H groups in total. The molecule has 2 fully saturated rings. The minimum atomic E-state index is 0.365. The number of unbranched alkanes of at least 4 members (excludes halogenated alkanes) is 5. The molecule has 0 aromatic carbocycles. The van der Waals surface area contributed by atoms with Crippen LogP contribution in [0.3, 0.4) is 0 Å². The highest BCUT2D eigenvalue weighted by Crippen LogP contribution is 2.33. The predicted molar refractivity (Wildman–Crippen MR) is 89.3 cm³/mol. The summed E-state index contributed by atoms with van der Waals surface area (Å²) in [6, 6.07) is 0. The van der Waals surface area contributed by atoms with Crippen molar-refractivity contribution in [3.05, 3.63) is 0 Å². The molecule has 2 aliphatic rings. The van der Waals surface area contributed by atoms with Crippen LogP contribution in [0.5, 0.6) is 0 Å². The highest BCUT2D eigenvalue weighted by Gasteiger charge is 2.30. The summed E-state index contributed by atoms with van der Waals surface area (Å²) in [5.74, 6) is 1.76. The van der Waals surface area contributed by atoms with Gasteiger partial charge >= 0.3 is 0 Å². The maximum Gasteiger partial charge on any atom is 0.225 e. The monoisotopic (exact) mass is 293 g/mol. The van der Waals surface area contributed by atoms with Crippen LogP contribution in [0.2, 0.25) is 0 Å². The van der Waals surface area contributed by atoms with Gasteiger partial charge in [0.1, 0.15) is 0 Å². The smallest absolute Gasteiger partial charge is 0.225 e. The van der Waals surface area contributed by atoms with Crippen LogP contribution in [-0.2, 0) is 4.79 Å². The maximum absolute atomic E-state index is 12.4. The minimum absolute atomic E-state index is 0.365. The molecule has 1 saturated heterocycles. The normalized spacial score (nSPS) is 26.2. The first-order chi connectivity index (χ1) is 10.3. The van der Waals surface area contributed by atoms with Crippen LogP contribution in [0.4, 0.5) is 0 Å². The molecule has 0 radical (unpaired) electrons. The molecule has 0 unspecified atom stereocenters. The van der Waals surface area contributed by atoms with Gasteiger partial charge in [-0.15, -0.1) is 0 Å². The Balaban J connectivity index is 1.54. The largest absolute Gasteiger partial charge is 0.342 e. The van der Waals surface area contributed by atoms with Gasteiger partial charge < -0.3 is 4.90 Å². The fraction of sp³-hybridized carbons (Fsp3) is 0.947. The van der Waals surface area contributed by atoms with Gasteiger partial charge in [0.25, 0.3) is 0 Å². The number of likely N-dealkylation sites (tertiary alicyclic amines) is 1. The summed E-state index contributed by atoms with van der Waals surface area (Å²) in [5, 5.41) is 0. The van der Waals surface area contributed by atoms with Gasteiger partial charge in [-0.05, 0) is 44.4 Å². The first kappa shape index (κ1) is 16.8. The lowest BCUT2D eigenvalue weighted by Gasteiger charge is -2.30. The van der Waals surface area contributed by atoms with E-state index < -0.39 is 0 Å². The van der Waals surface area contributed by atoms with Gasteiger partial charge in [-0.25, -0.2) is 0 Å². The molecule has 122 valence electrons. The second kappa shape index (κ2) is 9.48. The van der Waals surface area contributed by atoms with Crippen molar-refractivity contribution in [1.82, 2.24) is 4.90 Å². The van der Waals surface area contributed by atoms with E-state index in [1.54, 1.807) is 0 Å². The van der Waals surface area contributed by atoms with E-state index in [2.05, 4.69) is 11.8 Å². The molecule has 2 nitrogen and oxygen atoms in total. The average Bonchev–Trinajstić information content (AvgIpc) is 3.05. The molecule has 0 aromatic heterocycles. The topological polar surface area (TPSA) is 20.3 Å². The van der Waals surface area contributed by atoms with Crippen LogP contribution < -0.4 is 0 Å². The molecular weight excluding hydrogens is 258 g/mol. The lowest BCUT2D eigenvalue weighted by atomic mass is 9.79. The van der Waals surface area contributed by atoms with E-state index >= 15 is 0 Å². The Morgan fingerprint density at radius 2 is 1.52 bits per heavy atom. The molecule has 1 aliphatic heterocycles. The maximum atomic E-state index is 12.4. The Bertz CT molecular complexity index is 288. The second-order valence-electron chi connectivity index (χ2n) is 7.31. The Hall–Kier alpha value is -0.530. The molecule has 2 heteroatoms. The third-order valence-electron chi connectivity index (χ3n) is 5.58. The standard InChI is InChI=1S/C19H35NO/c1-2-3-4-5-6-7-10-17-11-13-18(14-12-17)19(21)20-15-8-9-16-20/h17-18H,2-16H2,1H3. The van der Waals surface area contributed by atoms with Crippen LogP contribution >= 0.6 is 0 Å². The molecule has 0 aromatic rings. The number of amides is 1. The lowest BCUT2D eigenvalue weighted by Crippen LogP contribution is -2.35. The summed E-state index contributed by atoms with van der Waals surface area (Å²) in [4.78, 5) is 14.5. The summed E-state index contributed by atoms with van der Waals surface area (Å²) in [6.45, 7) is 4.33. The number of carbonyl (C=O) groups excluding carboxylic acids is 1. The molecule has 1 saturated carbocycles. The quantitative estimate of drug-likeness (QED) is 0.566. The highest BCUT2D eigenvalue weighted by atomic mass is 16.2. The lowest BCUT2D eigenvalue weighted by molar-refractivity contribution is -0.135. The molecule has 1 heterocycles. The first-order valence-corrected chi connectivity index (χ1v) is 9.60. The molecular formula is C19H35NO. The highest BCUT2D eigenvalue weighted by molar-refractivity contribution is 5.79. The Kier molecular flexibility index (Phi) is 7.60. The van der Waals surface area contributed by atoms with Crippen molar-refractivity contribution >= 4 is 5.91 Å². The van der Waals surface area contributed by atoms with Gasteiger partial charge in [-0.2, -0.15) is 0 Å². The van der Waals surface area contributed by atoms with Crippen LogP contribution in [0.25, 0.3) is 0 Å². The summed E-state index contributed by atoms with van der Waals surface area (Å²) < 4.78 is 0. The SMILES string of the molecule is CCCCCCCCC1CCC(C(=O)N2CCCC2)CC1. The molecule has 0 spiro atoms. The van der Waals surface area contributed by atoms with Gasteiger partial charge in [0.05, 0.1) is 0 Å². The van der Waals surface area contributed by atoms with E-state index in [0.29, 0.717) is 11.8 Å². The summed E-state index contributed by atoms with van der Waals surface area (Å²) in [5.41, 5.74) is 0. The van der Waals surface area contributed by atoms with Crippen molar-refractivity contribution in [1.29, 1.82) is 0 Å². The van der Waals surface area contributed by atoms with Crippen LogP contribution in [0.15, 0.2) is 0 Å². The number of rotatable bonds is 8. The summed E-state index contributed by atoms with van der Waals surface area (Å²) in [7, 11) is 0. The Morgan fingerprint density at radius 3 is 2.19 bits per heavy atom. The molecule has 1 aliphatic carbocycles. The summed E-state index contributed by atoms with van der Waals surface area (Å²) in [6.07, 6.45) is 17.2. The van der Waals surface area contributed by atoms with E-state index in [-0.39, 0.29) is 0 Å². The molecule has 0 bridgehead atoms. The zero-order valence-electron chi connectivity index (χ0n) is 14.1. The van der Waals surface area contributed by atoms with Crippen molar-refractivity contribution < 1.29 is 4.79 Å². The van der Waals surface area contributed by atoms with Gasteiger partial charge in [-0.1, -0.05) is 51.9 Å². The van der Waals surface area contributed by atoms with E-state index in [0.717, 1.165) is 31.8 Å². The Morgan fingerprint density at radius 1 is 0.905 bits per heavy atom. The molecule has 2 rings (SSSR count). The average molecular weight is 293 g/mol. The van der Waals surface area contributed by atoms with Crippen molar-refractivity contribution in [2.75, 3.05) is 13.1 Å². The fourth-order valence-corrected chi connectivity index (χ4v) is 4.11. The zero-order valence-corrected chi connectivity index (χ0v) is 14.1. The number of hydrogen-bond donors (Lipinski definition) is 0. The van der Waals surface area contributed by atoms with Crippen LogP contribution in [0.1, 0.15) is 90.4 Å². The van der Waals surface area contributed by atoms with Gasteiger partial charge in [0.2, 0.25) is 5.91 Å². The van der Waals surface area contributed by atoms with Crippen molar-refractivity contribution in [3.63, 3.8) is 0 Å². The number of hydrogen-bond acceptors (Lipinski definition) is 1. The first-order valence-electron chi connectivity index (χ1n) is 9.60. The number of carbonyl (C=O) groups is 1. The molecule has 0 atom stereocenters. The van der Waals surface area contributed by atoms with Crippen molar-refractivity contribution in [3.8, 4) is 0 Å².